The molecule has 0 spiro atoms. The molecule has 0 saturated heterocycles. The van der Waals surface area contributed by atoms with Crippen LogP contribution in [0.4, 0.5) is 0 Å². The molecule has 1 aliphatic carbocycles. The summed E-state index contributed by atoms with van der Waals surface area (Å²) in [6.07, 6.45) is 6.32. The lowest BCUT2D eigenvalue weighted by Crippen LogP contribution is -2.46. The van der Waals surface area contributed by atoms with Gasteiger partial charge in [-0.3, -0.25) is 0 Å². The van der Waals surface area contributed by atoms with Crippen molar-refractivity contribution in [2.45, 2.75) is 39.3 Å². The van der Waals surface area contributed by atoms with Crippen molar-refractivity contribution in [2.75, 3.05) is 6.61 Å². The summed E-state index contributed by atoms with van der Waals surface area (Å²) in [4.78, 5) is 0. The van der Waals surface area contributed by atoms with Crippen LogP contribution in [-0.4, -0.2) is 18.2 Å². The smallest absolute Gasteiger partial charge is 0.102 e. The first kappa shape index (κ1) is 14.7. The van der Waals surface area contributed by atoms with Crippen LogP contribution in [0.25, 0.3) is 0 Å². The zero-order valence-corrected chi connectivity index (χ0v) is 10.8. The third-order valence-corrected chi connectivity index (χ3v) is 2.76. The SMILES string of the molecule is CCOC1(C)C=CC(C(C)C)=CC1N.Cl. The zero-order chi connectivity index (χ0) is 10.8. The van der Waals surface area contributed by atoms with E-state index in [1.54, 1.807) is 0 Å². The Labute approximate surface area is 99.0 Å². The normalized spacial score (nSPS) is 30.0. The summed E-state index contributed by atoms with van der Waals surface area (Å²) in [5.41, 5.74) is 7.05. The molecule has 0 amide bonds. The van der Waals surface area contributed by atoms with Crippen LogP contribution in [-0.2, 0) is 4.74 Å². The number of ether oxygens (including phenoxy) is 1. The number of rotatable bonds is 3. The van der Waals surface area contributed by atoms with Gasteiger partial charge < -0.3 is 10.5 Å². The molecule has 2 N–H and O–H groups in total. The molecule has 0 fully saturated rings. The number of halogens is 1. The average Bonchev–Trinajstić information content (AvgIpc) is 2.10. The Hall–Kier alpha value is -0.310. The van der Waals surface area contributed by atoms with Gasteiger partial charge >= 0.3 is 0 Å². The van der Waals surface area contributed by atoms with Crippen LogP contribution in [0.5, 0.6) is 0 Å². The molecule has 15 heavy (non-hydrogen) atoms. The quantitative estimate of drug-likeness (QED) is 0.811. The second-order valence-corrected chi connectivity index (χ2v) is 4.30. The van der Waals surface area contributed by atoms with E-state index in [0.717, 1.165) is 0 Å². The molecule has 0 aromatic heterocycles. The first-order valence-corrected chi connectivity index (χ1v) is 5.30. The van der Waals surface area contributed by atoms with E-state index < -0.39 is 0 Å². The largest absolute Gasteiger partial charge is 0.370 e. The summed E-state index contributed by atoms with van der Waals surface area (Å²) in [6, 6.07) is -0.0372. The van der Waals surface area contributed by atoms with E-state index in [2.05, 4.69) is 32.1 Å². The second-order valence-electron chi connectivity index (χ2n) is 4.30. The minimum absolute atomic E-state index is 0. The third kappa shape index (κ3) is 3.33. The van der Waals surface area contributed by atoms with E-state index in [0.29, 0.717) is 12.5 Å². The fraction of sp³-hybridized carbons (Fsp3) is 0.667. The van der Waals surface area contributed by atoms with Crippen molar-refractivity contribution in [3.8, 4) is 0 Å². The van der Waals surface area contributed by atoms with Crippen molar-refractivity contribution in [1.29, 1.82) is 0 Å². The van der Waals surface area contributed by atoms with Gasteiger partial charge in [0.15, 0.2) is 0 Å². The zero-order valence-electron chi connectivity index (χ0n) is 9.99. The van der Waals surface area contributed by atoms with Gasteiger partial charge in [0.25, 0.3) is 0 Å². The number of nitrogens with two attached hydrogens (primary N) is 1. The van der Waals surface area contributed by atoms with Gasteiger partial charge in [-0.15, -0.1) is 12.4 Å². The van der Waals surface area contributed by atoms with Crippen LogP contribution in [0.1, 0.15) is 27.7 Å². The maximum Gasteiger partial charge on any atom is 0.102 e. The molecule has 1 rings (SSSR count). The average molecular weight is 232 g/mol. The molecule has 2 atom stereocenters. The Kier molecular flexibility index (Phi) is 5.57. The van der Waals surface area contributed by atoms with Gasteiger partial charge in [-0.1, -0.05) is 32.1 Å². The fourth-order valence-corrected chi connectivity index (χ4v) is 1.64. The Morgan fingerprint density at radius 1 is 1.53 bits per heavy atom. The van der Waals surface area contributed by atoms with Crippen molar-refractivity contribution >= 4 is 12.4 Å². The molecule has 88 valence electrons. The summed E-state index contributed by atoms with van der Waals surface area (Å²) in [6.45, 7) is 9.07. The molecule has 0 aliphatic heterocycles. The first-order chi connectivity index (χ1) is 6.49. The maximum atomic E-state index is 6.07. The molecule has 0 saturated carbocycles. The Morgan fingerprint density at radius 2 is 2.13 bits per heavy atom. The number of hydrogen-bond donors (Lipinski definition) is 1. The molecule has 2 nitrogen and oxygen atoms in total. The Bertz CT molecular complexity index is 260. The van der Waals surface area contributed by atoms with Gasteiger partial charge in [-0.2, -0.15) is 0 Å². The molecule has 1 aliphatic rings. The van der Waals surface area contributed by atoms with Crippen LogP contribution in [0.15, 0.2) is 23.8 Å². The third-order valence-electron chi connectivity index (χ3n) is 2.76. The lowest BCUT2D eigenvalue weighted by atomic mass is 9.86. The van der Waals surface area contributed by atoms with Gasteiger partial charge in [0.2, 0.25) is 0 Å². The van der Waals surface area contributed by atoms with E-state index in [1.165, 1.54) is 5.57 Å². The summed E-state index contributed by atoms with van der Waals surface area (Å²) in [5.74, 6) is 0.531. The highest BCUT2D eigenvalue weighted by atomic mass is 35.5. The number of allylic oxidation sites excluding steroid dienone is 2. The van der Waals surface area contributed by atoms with E-state index >= 15 is 0 Å². The van der Waals surface area contributed by atoms with Crippen LogP contribution >= 0.6 is 12.4 Å². The number of hydrogen-bond acceptors (Lipinski definition) is 2. The monoisotopic (exact) mass is 231 g/mol. The summed E-state index contributed by atoms with van der Waals surface area (Å²) >= 11 is 0. The predicted octanol–water partition coefficient (Wildman–Crippen LogP) is 2.68. The Balaban J connectivity index is 0.00000196. The van der Waals surface area contributed by atoms with Crippen LogP contribution in [0.3, 0.4) is 0 Å². The van der Waals surface area contributed by atoms with Gasteiger partial charge in [0.05, 0.1) is 6.04 Å². The van der Waals surface area contributed by atoms with E-state index in [-0.39, 0.29) is 24.0 Å². The molecule has 3 heteroatoms. The minimum atomic E-state index is -0.326. The lowest BCUT2D eigenvalue weighted by molar-refractivity contribution is 0.00345. The molecule has 0 radical (unpaired) electrons. The molecule has 0 bridgehead atoms. The highest BCUT2D eigenvalue weighted by Crippen LogP contribution is 2.26. The molecular formula is C12H22ClNO. The standard InChI is InChI=1S/C12H21NO.ClH/c1-5-14-12(4)7-6-10(9(2)3)8-11(12)13;/h6-9,11H,5,13H2,1-4H3;1H. The summed E-state index contributed by atoms with van der Waals surface area (Å²) in [7, 11) is 0. The predicted molar refractivity (Wildman–Crippen MR) is 67.3 cm³/mol. The molecule has 0 aromatic rings. The Morgan fingerprint density at radius 3 is 2.53 bits per heavy atom. The van der Waals surface area contributed by atoms with Gasteiger partial charge in [0.1, 0.15) is 5.60 Å². The highest BCUT2D eigenvalue weighted by molar-refractivity contribution is 5.85. The van der Waals surface area contributed by atoms with E-state index in [4.69, 9.17) is 10.5 Å². The second kappa shape index (κ2) is 5.69. The van der Waals surface area contributed by atoms with Gasteiger partial charge in [0, 0.05) is 6.61 Å². The van der Waals surface area contributed by atoms with Gasteiger partial charge in [-0.05, 0) is 25.3 Å². The van der Waals surface area contributed by atoms with Crippen molar-refractivity contribution in [3.63, 3.8) is 0 Å². The first-order valence-electron chi connectivity index (χ1n) is 5.30. The fourth-order valence-electron chi connectivity index (χ4n) is 1.64. The highest BCUT2D eigenvalue weighted by Gasteiger charge is 2.31. The van der Waals surface area contributed by atoms with Crippen molar-refractivity contribution < 1.29 is 4.74 Å². The summed E-state index contributed by atoms with van der Waals surface area (Å²) in [5, 5.41) is 0. The van der Waals surface area contributed by atoms with Crippen LogP contribution in [0, 0.1) is 5.92 Å². The molecular weight excluding hydrogens is 210 g/mol. The molecule has 2 unspecified atom stereocenters. The van der Waals surface area contributed by atoms with Crippen molar-refractivity contribution in [1.82, 2.24) is 0 Å². The van der Waals surface area contributed by atoms with Gasteiger partial charge in [-0.25, -0.2) is 0 Å². The minimum Gasteiger partial charge on any atom is -0.370 e. The van der Waals surface area contributed by atoms with Crippen molar-refractivity contribution in [3.05, 3.63) is 23.8 Å². The van der Waals surface area contributed by atoms with Crippen LogP contribution < -0.4 is 5.73 Å². The van der Waals surface area contributed by atoms with Crippen molar-refractivity contribution in [2.24, 2.45) is 11.7 Å². The maximum absolute atomic E-state index is 6.07. The lowest BCUT2D eigenvalue weighted by Gasteiger charge is -2.34. The van der Waals surface area contributed by atoms with E-state index in [9.17, 15) is 0 Å². The summed E-state index contributed by atoms with van der Waals surface area (Å²) < 4.78 is 5.65. The molecule has 0 aromatic carbocycles. The van der Waals surface area contributed by atoms with E-state index in [1.807, 2.05) is 13.8 Å². The molecule has 0 heterocycles. The topological polar surface area (TPSA) is 35.2 Å². The van der Waals surface area contributed by atoms with Crippen LogP contribution in [0.2, 0.25) is 0 Å².